The van der Waals surface area contributed by atoms with E-state index >= 15 is 0 Å². The van der Waals surface area contributed by atoms with Crippen molar-refractivity contribution in [1.82, 2.24) is 0 Å². The Kier molecular flexibility index (Phi) is 7.24. The number of benzene rings is 2. The van der Waals surface area contributed by atoms with Gasteiger partial charge in [-0.15, -0.1) is 0 Å². The van der Waals surface area contributed by atoms with Crippen LogP contribution in [0.4, 0.5) is 14.5 Å². The molecule has 10 heteroatoms. The molecule has 0 atom stereocenters. The zero-order valence-electron chi connectivity index (χ0n) is 16.2. The number of carbonyl (C=O) groups excluding carboxylic acids is 2. The molecule has 0 bridgehead atoms. The van der Waals surface area contributed by atoms with Crippen LogP contribution in [0.3, 0.4) is 0 Å². The molecule has 1 heterocycles. The van der Waals surface area contributed by atoms with Crippen molar-refractivity contribution in [2.75, 3.05) is 18.5 Å². The molecule has 162 valence electrons. The van der Waals surface area contributed by atoms with Crippen molar-refractivity contribution in [2.24, 2.45) is 0 Å². The maximum Gasteiger partial charge on any atom is 0.344 e. The molecule has 3 rings (SSSR count). The Hall–Kier alpha value is -3.40. The van der Waals surface area contributed by atoms with Crippen molar-refractivity contribution in [3.05, 3.63) is 64.5 Å². The van der Waals surface area contributed by atoms with Crippen LogP contribution in [0.2, 0.25) is 0 Å². The minimum absolute atomic E-state index is 0.193. The second kappa shape index (κ2) is 10.1. The van der Waals surface area contributed by atoms with Crippen LogP contribution in [0.25, 0.3) is 11.0 Å². The highest BCUT2D eigenvalue weighted by Crippen LogP contribution is 2.31. The number of aryl methyl sites for hydroxylation is 1. The van der Waals surface area contributed by atoms with Gasteiger partial charge in [-0.05, 0) is 36.8 Å². The van der Waals surface area contributed by atoms with Gasteiger partial charge in [0.15, 0.2) is 13.2 Å². The number of hydrogen-bond acceptors (Lipinski definition) is 7. The van der Waals surface area contributed by atoms with Crippen LogP contribution in [0, 0.1) is 6.92 Å². The Balaban J connectivity index is 1.51. The van der Waals surface area contributed by atoms with Crippen molar-refractivity contribution < 1.29 is 32.3 Å². The van der Waals surface area contributed by atoms with E-state index in [1.807, 2.05) is 0 Å². The summed E-state index contributed by atoms with van der Waals surface area (Å²) in [6.07, 6.45) is 0. The molecule has 0 saturated heterocycles. The van der Waals surface area contributed by atoms with E-state index in [1.165, 1.54) is 24.3 Å². The van der Waals surface area contributed by atoms with E-state index in [2.05, 4.69) is 5.32 Å². The topological polar surface area (TPSA) is 94.8 Å². The summed E-state index contributed by atoms with van der Waals surface area (Å²) in [7, 11) is 0. The van der Waals surface area contributed by atoms with E-state index in [0.29, 0.717) is 17.3 Å². The standard InChI is InChI=1S/C21H17F2NO6S/c1-12-8-19(26)30-16-9-13(6-7-14(12)16)28-11-20(27)29-10-18(25)24-15-4-2-3-5-17(15)31-21(22)23/h2-9,21H,10-11H2,1H3,(H,24,25). The van der Waals surface area contributed by atoms with Crippen LogP contribution in [-0.4, -0.2) is 30.8 Å². The third-order valence-corrected chi connectivity index (χ3v) is 4.81. The lowest BCUT2D eigenvalue weighted by Gasteiger charge is -2.11. The fourth-order valence-electron chi connectivity index (χ4n) is 2.68. The van der Waals surface area contributed by atoms with Crippen molar-refractivity contribution in [2.45, 2.75) is 17.6 Å². The van der Waals surface area contributed by atoms with Gasteiger partial charge >= 0.3 is 11.6 Å². The molecule has 1 N–H and O–H groups in total. The van der Waals surface area contributed by atoms with E-state index in [4.69, 9.17) is 13.9 Å². The first kappa shape index (κ1) is 22.3. The predicted molar refractivity (Wildman–Crippen MR) is 111 cm³/mol. The molecule has 2 aromatic carbocycles. The molecule has 0 unspecified atom stereocenters. The van der Waals surface area contributed by atoms with Crippen LogP contribution in [0.5, 0.6) is 5.75 Å². The molecule has 0 aliphatic carbocycles. The van der Waals surface area contributed by atoms with E-state index in [0.717, 1.165) is 10.9 Å². The fourth-order valence-corrected chi connectivity index (χ4v) is 3.28. The highest BCUT2D eigenvalue weighted by Gasteiger charge is 2.14. The Morgan fingerprint density at radius 3 is 2.68 bits per heavy atom. The number of nitrogens with one attached hydrogen (secondary N) is 1. The average Bonchev–Trinajstić information content (AvgIpc) is 2.71. The Bertz CT molecular complexity index is 1160. The summed E-state index contributed by atoms with van der Waals surface area (Å²) in [5.41, 5.74) is 0.756. The van der Waals surface area contributed by atoms with E-state index < -0.39 is 36.5 Å². The molecule has 31 heavy (non-hydrogen) atoms. The van der Waals surface area contributed by atoms with Gasteiger partial charge in [-0.2, -0.15) is 8.78 Å². The molecule has 0 aliphatic rings. The van der Waals surface area contributed by atoms with Crippen LogP contribution in [0.15, 0.2) is 62.6 Å². The van der Waals surface area contributed by atoms with Gasteiger partial charge in [-0.1, -0.05) is 23.9 Å². The number of hydrogen-bond donors (Lipinski definition) is 1. The Morgan fingerprint density at radius 2 is 1.90 bits per heavy atom. The van der Waals surface area contributed by atoms with Gasteiger partial charge in [0.05, 0.1) is 5.69 Å². The monoisotopic (exact) mass is 449 g/mol. The highest BCUT2D eigenvalue weighted by atomic mass is 32.2. The van der Waals surface area contributed by atoms with E-state index in [9.17, 15) is 23.2 Å². The number of thioether (sulfide) groups is 1. The van der Waals surface area contributed by atoms with Crippen molar-refractivity contribution in [3.8, 4) is 5.75 Å². The fraction of sp³-hybridized carbons (Fsp3) is 0.190. The van der Waals surface area contributed by atoms with E-state index in [1.54, 1.807) is 31.2 Å². The zero-order valence-corrected chi connectivity index (χ0v) is 17.0. The molecular weight excluding hydrogens is 432 g/mol. The third kappa shape index (κ3) is 6.29. The predicted octanol–water partition coefficient (Wildman–Crippen LogP) is 3.98. The summed E-state index contributed by atoms with van der Waals surface area (Å²) < 4.78 is 40.4. The largest absolute Gasteiger partial charge is 0.482 e. The lowest BCUT2D eigenvalue weighted by Crippen LogP contribution is -2.23. The lowest BCUT2D eigenvalue weighted by atomic mass is 10.1. The minimum Gasteiger partial charge on any atom is -0.482 e. The summed E-state index contributed by atoms with van der Waals surface area (Å²) in [5.74, 6) is -3.85. The van der Waals surface area contributed by atoms with Crippen LogP contribution in [-0.2, 0) is 14.3 Å². The second-order valence-corrected chi connectivity index (χ2v) is 7.31. The van der Waals surface area contributed by atoms with Gasteiger partial charge in [0.1, 0.15) is 11.3 Å². The molecular formula is C21H17F2NO6S. The molecule has 0 radical (unpaired) electrons. The highest BCUT2D eigenvalue weighted by molar-refractivity contribution is 7.99. The van der Waals surface area contributed by atoms with E-state index in [-0.39, 0.29) is 16.3 Å². The maximum absolute atomic E-state index is 12.6. The zero-order chi connectivity index (χ0) is 22.4. The molecule has 1 aromatic heterocycles. The number of halogens is 2. The van der Waals surface area contributed by atoms with Crippen LogP contribution in [0.1, 0.15) is 5.56 Å². The smallest absolute Gasteiger partial charge is 0.344 e. The van der Waals surface area contributed by atoms with Crippen molar-refractivity contribution in [1.29, 1.82) is 0 Å². The summed E-state index contributed by atoms with van der Waals surface area (Å²) in [5, 5.41) is 3.16. The molecule has 0 aliphatic heterocycles. The van der Waals surface area contributed by atoms with Gasteiger partial charge in [0.2, 0.25) is 0 Å². The van der Waals surface area contributed by atoms with Gasteiger partial charge in [-0.25, -0.2) is 9.59 Å². The van der Waals surface area contributed by atoms with Gasteiger partial charge < -0.3 is 19.2 Å². The normalized spacial score (nSPS) is 10.8. The van der Waals surface area contributed by atoms with Crippen molar-refractivity contribution in [3.63, 3.8) is 0 Å². The number of carbonyl (C=O) groups is 2. The van der Waals surface area contributed by atoms with Gasteiger partial charge in [0.25, 0.3) is 11.7 Å². The number of para-hydroxylation sites is 1. The Morgan fingerprint density at radius 1 is 1.13 bits per heavy atom. The van der Waals surface area contributed by atoms with Gasteiger partial charge in [0, 0.05) is 22.4 Å². The summed E-state index contributed by atoms with van der Waals surface area (Å²) >= 11 is 0.297. The molecule has 3 aromatic rings. The average molecular weight is 449 g/mol. The summed E-state index contributed by atoms with van der Waals surface area (Å²) in [4.78, 5) is 35.5. The maximum atomic E-state index is 12.6. The molecule has 0 saturated carbocycles. The second-order valence-electron chi connectivity index (χ2n) is 6.28. The van der Waals surface area contributed by atoms with Crippen molar-refractivity contribution >= 4 is 40.3 Å². The molecule has 1 amide bonds. The number of rotatable bonds is 8. The number of anilines is 1. The minimum atomic E-state index is -2.64. The number of amides is 1. The summed E-state index contributed by atoms with van der Waals surface area (Å²) in [6, 6.07) is 12.2. The quantitative estimate of drug-likeness (QED) is 0.316. The molecule has 0 fully saturated rings. The number of alkyl halides is 2. The first-order chi connectivity index (χ1) is 14.8. The Labute approximate surface area is 179 Å². The number of ether oxygens (including phenoxy) is 2. The molecule has 0 spiro atoms. The lowest BCUT2D eigenvalue weighted by molar-refractivity contribution is -0.149. The van der Waals surface area contributed by atoms with Gasteiger partial charge in [-0.3, -0.25) is 4.79 Å². The summed E-state index contributed by atoms with van der Waals surface area (Å²) in [6.45, 7) is 0.682. The van der Waals surface area contributed by atoms with Crippen LogP contribution < -0.4 is 15.7 Å². The SMILES string of the molecule is Cc1cc(=O)oc2cc(OCC(=O)OCC(=O)Nc3ccccc3SC(F)F)ccc12. The number of esters is 1. The first-order valence-corrected chi connectivity index (χ1v) is 9.86. The van der Waals surface area contributed by atoms with Crippen LogP contribution >= 0.6 is 11.8 Å². The number of fused-ring (bicyclic) bond motifs is 1. The third-order valence-electron chi connectivity index (χ3n) is 4.02. The first-order valence-electron chi connectivity index (χ1n) is 8.98. The molecule has 7 nitrogen and oxygen atoms in total.